The lowest BCUT2D eigenvalue weighted by atomic mass is 10.1. The van der Waals surface area contributed by atoms with Crippen molar-refractivity contribution in [3.63, 3.8) is 0 Å². The molecule has 4 aromatic carbocycles. The van der Waals surface area contributed by atoms with Gasteiger partial charge in [-0.2, -0.15) is 0 Å². The lowest BCUT2D eigenvalue weighted by Crippen LogP contribution is -1.97. The van der Waals surface area contributed by atoms with Gasteiger partial charge in [0.25, 0.3) is 0 Å². The molecule has 0 amide bonds. The van der Waals surface area contributed by atoms with Gasteiger partial charge < -0.3 is 13.6 Å². The Hall–Kier alpha value is -5.04. The van der Waals surface area contributed by atoms with Crippen molar-refractivity contribution in [2.45, 2.75) is 13.1 Å². The number of aromatic nitrogens is 6. The van der Waals surface area contributed by atoms with E-state index < -0.39 is 0 Å². The van der Waals surface area contributed by atoms with Crippen LogP contribution in [0.2, 0.25) is 0 Å². The number of fused-ring (bicyclic) bond motifs is 2. The number of nitrogens with zero attached hydrogens (tertiary/aromatic N) is 6. The van der Waals surface area contributed by atoms with Gasteiger partial charge in [0.1, 0.15) is 0 Å². The molecule has 0 radical (unpaired) electrons. The van der Waals surface area contributed by atoms with Crippen LogP contribution in [0.5, 0.6) is 0 Å². The van der Waals surface area contributed by atoms with Crippen molar-refractivity contribution in [2.24, 2.45) is 0 Å². The zero-order chi connectivity index (χ0) is 24.6. The van der Waals surface area contributed by atoms with E-state index in [0.29, 0.717) is 11.8 Å². The first-order valence-corrected chi connectivity index (χ1v) is 12.1. The van der Waals surface area contributed by atoms with E-state index in [4.69, 9.17) is 4.42 Å². The van der Waals surface area contributed by atoms with Crippen molar-refractivity contribution in [3.8, 4) is 22.9 Å². The van der Waals surface area contributed by atoms with Crippen LogP contribution in [0, 0.1) is 0 Å². The lowest BCUT2D eigenvalue weighted by molar-refractivity contribution is 0.584. The molecule has 0 bridgehead atoms. The summed E-state index contributed by atoms with van der Waals surface area (Å²) < 4.78 is 10.3. The first kappa shape index (κ1) is 21.3. The number of benzene rings is 4. The second-order valence-corrected chi connectivity index (χ2v) is 9.03. The molecular formula is C30H22N6O. The normalized spacial score (nSPS) is 11.5. The van der Waals surface area contributed by atoms with Gasteiger partial charge in [0, 0.05) is 24.2 Å². The maximum atomic E-state index is 6.01. The summed E-state index contributed by atoms with van der Waals surface area (Å²) in [5.74, 6) is 1.01. The summed E-state index contributed by atoms with van der Waals surface area (Å²) in [6.07, 6.45) is 3.76. The molecule has 0 saturated carbocycles. The fourth-order valence-electron chi connectivity index (χ4n) is 4.63. The number of hydrogen-bond donors (Lipinski definition) is 0. The Bertz CT molecular complexity index is 1690. The van der Waals surface area contributed by atoms with Crippen LogP contribution in [-0.2, 0) is 13.1 Å². The fraction of sp³-hybridized carbons (Fsp3) is 0.0667. The van der Waals surface area contributed by atoms with Crippen LogP contribution < -0.4 is 0 Å². The number of hydrogen-bond acceptors (Lipinski definition) is 5. The van der Waals surface area contributed by atoms with Crippen molar-refractivity contribution in [3.05, 3.63) is 121 Å². The van der Waals surface area contributed by atoms with Crippen molar-refractivity contribution in [2.75, 3.05) is 0 Å². The molecule has 3 heterocycles. The molecule has 0 N–H and O–H groups in total. The molecule has 0 atom stereocenters. The van der Waals surface area contributed by atoms with E-state index in [0.717, 1.165) is 46.3 Å². The van der Waals surface area contributed by atoms with Crippen LogP contribution in [0.1, 0.15) is 11.1 Å². The van der Waals surface area contributed by atoms with Gasteiger partial charge in [0.2, 0.25) is 11.8 Å². The highest BCUT2D eigenvalue weighted by atomic mass is 16.4. The van der Waals surface area contributed by atoms with E-state index in [-0.39, 0.29) is 0 Å². The minimum Gasteiger partial charge on any atom is -0.416 e. The van der Waals surface area contributed by atoms with E-state index in [1.807, 2.05) is 73.3 Å². The summed E-state index contributed by atoms with van der Waals surface area (Å²) in [7, 11) is 0. The number of imidazole rings is 2. The quantitative estimate of drug-likeness (QED) is 0.282. The summed E-state index contributed by atoms with van der Waals surface area (Å²) in [4.78, 5) is 8.95. The monoisotopic (exact) mass is 482 g/mol. The zero-order valence-electron chi connectivity index (χ0n) is 19.9. The summed E-state index contributed by atoms with van der Waals surface area (Å²) in [6.45, 7) is 1.49. The van der Waals surface area contributed by atoms with Crippen molar-refractivity contribution in [1.82, 2.24) is 29.3 Å². The van der Waals surface area contributed by atoms with Crippen molar-refractivity contribution < 1.29 is 4.42 Å². The summed E-state index contributed by atoms with van der Waals surface area (Å²) in [5, 5.41) is 8.56. The van der Waals surface area contributed by atoms with Gasteiger partial charge in [0.15, 0.2) is 0 Å². The minimum atomic E-state index is 0.503. The van der Waals surface area contributed by atoms with Crippen LogP contribution in [0.15, 0.2) is 114 Å². The third-order valence-electron chi connectivity index (χ3n) is 6.59. The molecule has 7 heteroatoms. The molecule has 0 fully saturated rings. The Balaban J connectivity index is 1.06. The largest absolute Gasteiger partial charge is 0.416 e. The molecule has 0 aliphatic carbocycles. The third-order valence-corrected chi connectivity index (χ3v) is 6.59. The standard InChI is InChI=1S/C30H22N6O/c1-3-7-27-25(5-1)31-19-35(27)17-21-9-13-23(14-10-21)29-33-34-30(37-29)24-15-11-22(12-16-24)18-36-20-32-26-6-2-4-8-28(26)36/h1-16,19-20H,17-18H2. The van der Waals surface area contributed by atoms with Gasteiger partial charge in [-0.1, -0.05) is 48.5 Å². The Morgan fingerprint density at radius 1 is 0.514 bits per heavy atom. The molecule has 0 saturated heterocycles. The average Bonchev–Trinajstić information content (AvgIpc) is 3.70. The summed E-state index contributed by atoms with van der Waals surface area (Å²) in [6, 6.07) is 32.7. The molecule has 0 aliphatic rings. The fourth-order valence-corrected chi connectivity index (χ4v) is 4.63. The van der Waals surface area contributed by atoms with Gasteiger partial charge in [0.05, 0.1) is 34.7 Å². The molecule has 7 aromatic rings. The Morgan fingerprint density at radius 3 is 1.41 bits per heavy atom. The first-order chi connectivity index (χ1) is 18.3. The Kier molecular flexibility index (Phi) is 5.10. The second-order valence-electron chi connectivity index (χ2n) is 9.03. The summed E-state index contributed by atoms with van der Waals surface area (Å²) in [5.41, 5.74) is 8.38. The van der Waals surface area contributed by atoms with Crippen LogP contribution in [0.3, 0.4) is 0 Å². The topological polar surface area (TPSA) is 74.6 Å². The zero-order valence-corrected chi connectivity index (χ0v) is 19.9. The smallest absolute Gasteiger partial charge is 0.248 e. The number of para-hydroxylation sites is 4. The van der Waals surface area contributed by atoms with Crippen molar-refractivity contribution in [1.29, 1.82) is 0 Å². The van der Waals surface area contributed by atoms with E-state index >= 15 is 0 Å². The SMILES string of the molecule is c1ccc2c(c1)ncn2Cc1ccc(-c2nnc(-c3ccc(Cn4cnc5ccccc54)cc3)o2)cc1. The van der Waals surface area contributed by atoms with Gasteiger partial charge in [-0.3, -0.25) is 0 Å². The van der Waals surface area contributed by atoms with Crippen molar-refractivity contribution >= 4 is 22.1 Å². The second kappa shape index (κ2) is 8.87. The maximum absolute atomic E-state index is 6.01. The molecular weight excluding hydrogens is 460 g/mol. The highest BCUT2D eigenvalue weighted by molar-refractivity contribution is 5.75. The molecule has 0 spiro atoms. The minimum absolute atomic E-state index is 0.503. The Labute approximate surface area is 212 Å². The van der Waals surface area contributed by atoms with Gasteiger partial charge in [-0.15, -0.1) is 10.2 Å². The molecule has 3 aromatic heterocycles. The van der Waals surface area contributed by atoms with E-state index in [9.17, 15) is 0 Å². The van der Waals surface area contributed by atoms with Gasteiger partial charge in [-0.25, -0.2) is 9.97 Å². The third kappa shape index (κ3) is 4.06. The predicted octanol–water partition coefficient (Wildman–Crippen LogP) is 6.20. The van der Waals surface area contributed by atoms with Gasteiger partial charge >= 0.3 is 0 Å². The molecule has 178 valence electrons. The van der Waals surface area contributed by atoms with E-state index in [2.05, 4.69) is 65.7 Å². The maximum Gasteiger partial charge on any atom is 0.248 e. The van der Waals surface area contributed by atoms with Crippen LogP contribution in [-0.4, -0.2) is 29.3 Å². The summed E-state index contributed by atoms with van der Waals surface area (Å²) >= 11 is 0. The van der Waals surface area contributed by atoms with E-state index in [1.165, 1.54) is 11.1 Å². The van der Waals surface area contributed by atoms with E-state index in [1.54, 1.807) is 0 Å². The highest BCUT2D eigenvalue weighted by Crippen LogP contribution is 2.25. The molecule has 0 aliphatic heterocycles. The average molecular weight is 483 g/mol. The van der Waals surface area contributed by atoms with Crippen LogP contribution in [0.25, 0.3) is 45.0 Å². The molecule has 7 rings (SSSR count). The molecule has 0 unspecified atom stereocenters. The van der Waals surface area contributed by atoms with Crippen LogP contribution >= 0.6 is 0 Å². The lowest BCUT2D eigenvalue weighted by Gasteiger charge is -2.05. The number of rotatable bonds is 6. The molecule has 37 heavy (non-hydrogen) atoms. The Morgan fingerprint density at radius 2 is 0.946 bits per heavy atom. The molecule has 7 nitrogen and oxygen atoms in total. The van der Waals surface area contributed by atoms with Crippen LogP contribution in [0.4, 0.5) is 0 Å². The van der Waals surface area contributed by atoms with Gasteiger partial charge in [-0.05, 0) is 59.7 Å². The predicted molar refractivity (Wildman–Crippen MR) is 143 cm³/mol. The highest BCUT2D eigenvalue weighted by Gasteiger charge is 2.11. The first-order valence-electron chi connectivity index (χ1n) is 12.1.